The fourth-order valence-electron chi connectivity index (χ4n) is 2.52. The molecule has 0 fully saturated rings. The van der Waals surface area contributed by atoms with E-state index >= 15 is 0 Å². The molecule has 0 atom stereocenters. The van der Waals surface area contributed by atoms with Crippen LogP contribution < -0.4 is 0 Å². The van der Waals surface area contributed by atoms with Crippen molar-refractivity contribution in [2.75, 3.05) is 0 Å². The lowest BCUT2D eigenvalue weighted by Crippen LogP contribution is -2.06. The zero-order chi connectivity index (χ0) is 14.1. The minimum atomic E-state index is 0.387. The summed E-state index contributed by atoms with van der Waals surface area (Å²) in [5.41, 5.74) is 3.50. The number of halogens is 1. The smallest absolute Gasteiger partial charge is 0.116 e. The SMILES string of the molecule is CC(C)c1nc2c(n1-c1ccccc1)CC=CC(Br)=C2. The summed E-state index contributed by atoms with van der Waals surface area (Å²) in [4.78, 5) is 4.85. The van der Waals surface area contributed by atoms with Gasteiger partial charge in [0.25, 0.3) is 0 Å². The van der Waals surface area contributed by atoms with Gasteiger partial charge in [-0.3, -0.25) is 4.57 Å². The Labute approximate surface area is 128 Å². The van der Waals surface area contributed by atoms with Crippen molar-refractivity contribution in [3.05, 3.63) is 64.2 Å². The topological polar surface area (TPSA) is 17.8 Å². The van der Waals surface area contributed by atoms with E-state index in [1.807, 2.05) is 6.07 Å². The lowest BCUT2D eigenvalue weighted by molar-refractivity contribution is 0.741. The summed E-state index contributed by atoms with van der Waals surface area (Å²) in [7, 11) is 0. The van der Waals surface area contributed by atoms with Gasteiger partial charge in [-0.25, -0.2) is 4.98 Å². The highest BCUT2D eigenvalue weighted by atomic mass is 79.9. The fourth-order valence-corrected chi connectivity index (χ4v) is 2.92. The van der Waals surface area contributed by atoms with Crippen molar-refractivity contribution in [3.63, 3.8) is 0 Å². The van der Waals surface area contributed by atoms with Crippen LogP contribution in [0.3, 0.4) is 0 Å². The van der Waals surface area contributed by atoms with Gasteiger partial charge in [0.1, 0.15) is 5.82 Å². The summed E-state index contributed by atoms with van der Waals surface area (Å²) in [6.45, 7) is 4.38. The zero-order valence-electron chi connectivity index (χ0n) is 11.7. The molecular formula is C17H17BrN2. The molecule has 2 nitrogen and oxygen atoms in total. The Morgan fingerprint density at radius 2 is 1.95 bits per heavy atom. The Morgan fingerprint density at radius 1 is 1.20 bits per heavy atom. The number of hydrogen-bond acceptors (Lipinski definition) is 1. The summed E-state index contributed by atoms with van der Waals surface area (Å²) in [5, 5.41) is 0. The first kappa shape index (κ1) is 13.4. The third-order valence-corrected chi connectivity index (χ3v) is 3.92. The van der Waals surface area contributed by atoms with Crippen molar-refractivity contribution >= 4 is 22.0 Å². The molecule has 0 bridgehead atoms. The third kappa shape index (κ3) is 2.38. The molecule has 0 saturated heterocycles. The van der Waals surface area contributed by atoms with Crippen molar-refractivity contribution in [1.29, 1.82) is 0 Å². The number of allylic oxidation sites excluding steroid dienone is 3. The van der Waals surface area contributed by atoms with E-state index < -0.39 is 0 Å². The predicted octanol–water partition coefficient (Wildman–Crippen LogP) is 4.84. The molecule has 1 aliphatic carbocycles. The standard InChI is InChI=1S/C17H17BrN2/c1-12(2)17-19-15-11-13(18)7-6-10-16(15)20(17)14-8-4-3-5-9-14/h3-9,11-12H,10H2,1-2H3. The Balaban J connectivity index is 2.25. The lowest BCUT2D eigenvalue weighted by atomic mass is 10.2. The highest BCUT2D eigenvalue weighted by Gasteiger charge is 2.19. The maximum Gasteiger partial charge on any atom is 0.116 e. The highest BCUT2D eigenvalue weighted by molar-refractivity contribution is 9.12. The molecule has 102 valence electrons. The zero-order valence-corrected chi connectivity index (χ0v) is 13.3. The van der Waals surface area contributed by atoms with Crippen LogP contribution in [0.15, 0.2) is 47.0 Å². The van der Waals surface area contributed by atoms with Gasteiger partial charge in [-0.15, -0.1) is 0 Å². The summed E-state index contributed by atoms with van der Waals surface area (Å²) < 4.78 is 3.37. The Bertz CT molecular complexity index is 679. The average molecular weight is 329 g/mol. The first-order chi connectivity index (χ1) is 9.66. The van der Waals surface area contributed by atoms with Crippen molar-refractivity contribution in [1.82, 2.24) is 9.55 Å². The average Bonchev–Trinajstić information content (AvgIpc) is 2.69. The quantitative estimate of drug-likeness (QED) is 0.770. The van der Waals surface area contributed by atoms with Gasteiger partial charge in [-0.2, -0.15) is 0 Å². The van der Waals surface area contributed by atoms with Crippen LogP contribution in [0, 0.1) is 0 Å². The Hall–Kier alpha value is -1.61. The van der Waals surface area contributed by atoms with Crippen molar-refractivity contribution in [3.8, 4) is 5.69 Å². The predicted molar refractivity (Wildman–Crippen MR) is 87.4 cm³/mol. The third-order valence-electron chi connectivity index (χ3n) is 3.42. The molecule has 0 spiro atoms. The first-order valence-corrected chi connectivity index (χ1v) is 7.67. The molecule has 1 aromatic heterocycles. The van der Waals surface area contributed by atoms with Gasteiger partial charge in [-0.1, -0.05) is 60.1 Å². The molecule has 0 amide bonds. The van der Waals surface area contributed by atoms with Crippen LogP contribution in [-0.2, 0) is 6.42 Å². The van der Waals surface area contributed by atoms with Crippen molar-refractivity contribution in [2.45, 2.75) is 26.2 Å². The molecule has 3 heteroatoms. The second kappa shape index (κ2) is 5.41. The van der Waals surface area contributed by atoms with E-state index in [1.165, 1.54) is 11.4 Å². The molecular weight excluding hydrogens is 312 g/mol. The van der Waals surface area contributed by atoms with E-state index in [0.717, 1.165) is 22.4 Å². The lowest BCUT2D eigenvalue weighted by Gasteiger charge is -2.13. The van der Waals surface area contributed by atoms with Crippen LogP contribution >= 0.6 is 15.9 Å². The van der Waals surface area contributed by atoms with Crippen molar-refractivity contribution < 1.29 is 0 Å². The second-order valence-corrected chi connectivity index (χ2v) is 6.18. The summed E-state index contributed by atoms with van der Waals surface area (Å²) in [6.07, 6.45) is 7.27. The maximum absolute atomic E-state index is 4.85. The number of fused-ring (bicyclic) bond motifs is 1. The van der Waals surface area contributed by atoms with Gasteiger partial charge in [0.15, 0.2) is 0 Å². The van der Waals surface area contributed by atoms with Crippen LogP contribution in [0.1, 0.15) is 37.0 Å². The van der Waals surface area contributed by atoms with E-state index in [0.29, 0.717) is 5.92 Å². The summed E-state index contributed by atoms with van der Waals surface area (Å²) >= 11 is 3.56. The largest absolute Gasteiger partial charge is 0.300 e. The number of para-hydroxylation sites is 1. The molecule has 1 aromatic carbocycles. The van der Waals surface area contributed by atoms with Gasteiger partial charge in [0.05, 0.1) is 11.4 Å². The molecule has 0 N–H and O–H groups in total. The minimum Gasteiger partial charge on any atom is -0.300 e. The molecule has 0 radical (unpaired) electrons. The second-order valence-electron chi connectivity index (χ2n) is 5.26. The molecule has 0 unspecified atom stereocenters. The number of nitrogens with zero attached hydrogens (tertiary/aromatic N) is 2. The van der Waals surface area contributed by atoms with E-state index in [9.17, 15) is 0 Å². The summed E-state index contributed by atoms with van der Waals surface area (Å²) in [5.74, 6) is 1.51. The maximum atomic E-state index is 4.85. The van der Waals surface area contributed by atoms with Gasteiger partial charge < -0.3 is 0 Å². The van der Waals surface area contributed by atoms with Crippen LogP contribution in [0.25, 0.3) is 11.8 Å². The number of aromatic nitrogens is 2. The molecule has 1 heterocycles. The Kier molecular flexibility index (Phi) is 3.62. The number of hydrogen-bond donors (Lipinski definition) is 0. The number of imidazole rings is 1. The molecule has 1 aliphatic rings. The molecule has 0 saturated carbocycles. The van der Waals surface area contributed by atoms with Gasteiger partial charge in [-0.05, 0) is 18.2 Å². The minimum absolute atomic E-state index is 0.387. The van der Waals surface area contributed by atoms with E-state index in [-0.39, 0.29) is 0 Å². The van der Waals surface area contributed by atoms with E-state index in [4.69, 9.17) is 4.98 Å². The number of benzene rings is 1. The van der Waals surface area contributed by atoms with Gasteiger partial charge >= 0.3 is 0 Å². The van der Waals surface area contributed by atoms with Crippen LogP contribution in [-0.4, -0.2) is 9.55 Å². The van der Waals surface area contributed by atoms with Crippen molar-refractivity contribution in [2.24, 2.45) is 0 Å². The Morgan fingerprint density at radius 3 is 2.65 bits per heavy atom. The van der Waals surface area contributed by atoms with Crippen LogP contribution in [0.5, 0.6) is 0 Å². The van der Waals surface area contributed by atoms with Gasteiger partial charge in [0, 0.05) is 22.5 Å². The summed E-state index contributed by atoms with van der Waals surface area (Å²) in [6, 6.07) is 10.5. The number of rotatable bonds is 2. The van der Waals surface area contributed by atoms with Crippen LogP contribution in [0.2, 0.25) is 0 Å². The molecule has 2 aromatic rings. The van der Waals surface area contributed by atoms with Gasteiger partial charge in [0.2, 0.25) is 0 Å². The molecule has 20 heavy (non-hydrogen) atoms. The first-order valence-electron chi connectivity index (χ1n) is 6.87. The van der Waals surface area contributed by atoms with Crippen LogP contribution in [0.4, 0.5) is 0 Å². The highest BCUT2D eigenvalue weighted by Crippen LogP contribution is 2.28. The monoisotopic (exact) mass is 328 g/mol. The molecule has 0 aliphatic heterocycles. The molecule has 3 rings (SSSR count). The van der Waals surface area contributed by atoms with E-state index in [1.54, 1.807) is 0 Å². The normalized spacial score (nSPS) is 14.1. The fraction of sp³-hybridized carbons (Fsp3) is 0.235. The van der Waals surface area contributed by atoms with E-state index in [2.05, 4.69) is 76.8 Å².